The second-order valence-electron chi connectivity index (χ2n) is 4.73. The Kier molecular flexibility index (Phi) is 2.51. The fourth-order valence-corrected chi connectivity index (χ4v) is 2.22. The molecule has 0 unspecified atom stereocenters. The predicted octanol–water partition coefficient (Wildman–Crippen LogP) is 2.29. The van der Waals surface area contributed by atoms with Crippen molar-refractivity contribution >= 4 is 11.0 Å². The van der Waals surface area contributed by atoms with Gasteiger partial charge in [0.25, 0.3) is 0 Å². The molecule has 23 heavy (non-hydrogen) atoms. The third kappa shape index (κ3) is 2.28. The van der Waals surface area contributed by atoms with E-state index in [1.54, 1.807) is 0 Å². The van der Waals surface area contributed by atoms with Crippen LogP contribution in [0, 0.1) is 0 Å². The van der Waals surface area contributed by atoms with E-state index in [0.29, 0.717) is 0 Å². The van der Waals surface area contributed by atoms with Crippen molar-refractivity contribution in [2.75, 3.05) is 7.04 Å². The molecule has 0 fully saturated rings. The molecule has 0 aliphatic rings. The van der Waals surface area contributed by atoms with Crippen LogP contribution in [0.25, 0.3) is 22.3 Å². The van der Waals surface area contributed by atoms with Gasteiger partial charge >= 0.3 is 0 Å². The number of fused-ring (bicyclic) bond motifs is 1. The predicted molar refractivity (Wildman–Crippen MR) is 81.1 cm³/mol. The molecule has 0 atom stereocenters. The van der Waals surface area contributed by atoms with E-state index in [1.165, 1.54) is 6.07 Å². The standard InChI is InChI=1S/C16H12O7/c1-22-11-3-2-7(4-9(11)18)16-15(21)14(20)13-10(19)5-8(17)6-12(13)23-16/h2-6,17-19,21H,1H3/i1D3. The number of hydrogen-bond donors (Lipinski definition) is 4. The lowest BCUT2D eigenvalue weighted by molar-refractivity contribution is 0.373. The van der Waals surface area contributed by atoms with Gasteiger partial charge in [0, 0.05) is 17.7 Å². The van der Waals surface area contributed by atoms with Gasteiger partial charge in [0.1, 0.15) is 22.5 Å². The zero-order valence-electron chi connectivity index (χ0n) is 14.4. The monoisotopic (exact) mass is 319 g/mol. The van der Waals surface area contributed by atoms with Crippen LogP contribution < -0.4 is 10.2 Å². The molecule has 1 heterocycles. The minimum absolute atomic E-state index is 0.0414. The first-order chi connectivity index (χ1) is 12.1. The van der Waals surface area contributed by atoms with Crippen molar-refractivity contribution in [3.8, 4) is 40.1 Å². The maximum absolute atomic E-state index is 12.3. The second kappa shape index (κ2) is 5.13. The number of hydrogen-bond acceptors (Lipinski definition) is 7. The highest BCUT2D eigenvalue weighted by Crippen LogP contribution is 2.37. The number of methoxy groups -OCH3 is 1. The second-order valence-corrected chi connectivity index (χ2v) is 4.73. The Labute approximate surface area is 133 Å². The van der Waals surface area contributed by atoms with E-state index in [-0.39, 0.29) is 33.8 Å². The normalized spacial score (nSPS) is 13.3. The molecule has 2 aromatic carbocycles. The van der Waals surface area contributed by atoms with Crippen molar-refractivity contribution in [2.24, 2.45) is 0 Å². The molecule has 0 radical (unpaired) electrons. The maximum atomic E-state index is 12.3. The van der Waals surface area contributed by atoms with Gasteiger partial charge in [-0.2, -0.15) is 0 Å². The van der Waals surface area contributed by atoms with Gasteiger partial charge in [0.2, 0.25) is 11.2 Å². The van der Waals surface area contributed by atoms with E-state index in [1.807, 2.05) is 0 Å². The van der Waals surface area contributed by atoms with Gasteiger partial charge in [0.05, 0.1) is 11.2 Å². The minimum atomic E-state index is -2.77. The van der Waals surface area contributed by atoms with E-state index in [9.17, 15) is 25.2 Å². The summed E-state index contributed by atoms with van der Waals surface area (Å²) in [5.41, 5.74) is -1.09. The summed E-state index contributed by atoms with van der Waals surface area (Å²) in [6.07, 6.45) is 0. The Morgan fingerprint density at radius 3 is 2.57 bits per heavy atom. The summed E-state index contributed by atoms with van der Waals surface area (Å²) in [5.74, 6) is -2.99. The first-order valence-electron chi connectivity index (χ1n) is 7.81. The molecule has 1 aromatic heterocycles. The molecule has 7 heteroatoms. The van der Waals surface area contributed by atoms with E-state index in [0.717, 1.165) is 24.3 Å². The van der Waals surface area contributed by atoms with Crippen LogP contribution in [0.2, 0.25) is 0 Å². The topological polar surface area (TPSA) is 120 Å². The lowest BCUT2D eigenvalue weighted by atomic mass is 10.1. The summed E-state index contributed by atoms with van der Waals surface area (Å²) in [7, 11) is -2.77. The molecule has 4 N–H and O–H groups in total. The molecule has 118 valence electrons. The van der Waals surface area contributed by atoms with E-state index < -0.39 is 29.7 Å². The molecule has 3 rings (SSSR count). The van der Waals surface area contributed by atoms with Gasteiger partial charge in [-0.1, -0.05) is 0 Å². The van der Waals surface area contributed by atoms with Crippen molar-refractivity contribution in [3.63, 3.8) is 0 Å². The average Bonchev–Trinajstić information content (AvgIpc) is 2.51. The Morgan fingerprint density at radius 1 is 1.09 bits per heavy atom. The molecule has 0 saturated carbocycles. The zero-order valence-corrected chi connectivity index (χ0v) is 11.4. The van der Waals surface area contributed by atoms with E-state index >= 15 is 0 Å². The zero-order chi connectivity index (χ0) is 19.2. The molecular formula is C16H12O7. The van der Waals surface area contributed by atoms with Crippen molar-refractivity contribution in [3.05, 3.63) is 40.6 Å². The third-order valence-corrected chi connectivity index (χ3v) is 3.27. The smallest absolute Gasteiger partial charge is 0.238 e. The number of benzene rings is 2. The molecule has 0 saturated heterocycles. The molecule has 0 aliphatic carbocycles. The van der Waals surface area contributed by atoms with E-state index in [2.05, 4.69) is 4.74 Å². The number of phenolic OH excluding ortho intramolecular Hbond substituents is 3. The first kappa shape index (κ1) is 11.2. The molecule has 7 nitrogen and oxygen atoms in total. The molecule has 0 bridgehead atoms. The maximum Gasteiger partial charge on any atom is 0.238 e. The number of aromatic hydroxyl groups is 4. The third-order valence-electron chi connectivity index (χ3n) is 3.27. The summed E-state index contributed by atoms with van der Waals surface area (Å²) in [5, 5.41) is 39.0. The molecule has 0 amide bonds. The SMILES string of the molecule is [2H]C([2H])([2H])Oc1ccc(-c2oc3cc(O)cc(O)c3c(=O)c2O)cc1O. The van der Waals surface area contributed by atoms with Crippen LogP contribution in [0.1, 0.15) is 4.11 Å². The van der Waals surface area contributed by atoms with Crippen molar-refractivity contribution < 1.29 is 33.7 Å². The fraction of sp³-hybridized carbons (Fsp3) is 0.0625. The number of phenols is 3. The van der Waals surface area contributed by atoms with Crippen LogP contribution in [0.15, 0.2) is 39.5 Å². The van der Waals surface area contributed by atoms with Crippen LogP contribution in [-0.2, 0) is 0 Å². The first-order valence-corrected chi connectivity index (χ1v) is 6.31. The van der Waals surface area contributed by atoms with Crippen LogP contribution in [0.3, 0.4) is 0 Å². The minimum Gasteiger partial charge on any atom is -0.508 e. The summed E-state index contributed by atoms with van der Waals surface area (Å²) in [4.78, 5) is 12.3. The molecule has 3 aromatic rings. The Hall–Kier alpha value is -3.35. The highest BCUT2D eigenvalue weighted by atomic mass is 16.5. The van der Waals surface area contributed by atoms with Crippen LogP contribution in [0.5, 0.6) is 28.7 Å². The highest BCUT2D eigenvalue weighted by Gasteiger charge is 2.19. The Balaban J connectivity index is 2.18. The summed E-state index contributed by atoms with van der Waals surface area (Å²) >= 11 is 0. The van der Waals surface area contributed by atoms with Crippen LogP contribution in [0.4, 0.5) is 0 Å². The fourth-order valence-electron chi connectivity index (χ4n) is 2.22. The number of ether oxygens (including phenoxy) is 1. The van der Waals surface area contributed by atoms with E-state index in [4.69, 9.17) is 8.53 Å². The molecule has 0 aliphatic heterocycles. The van der Waals surface area contributed by atoms with Crippen molar-refractivity contribution in [1.82, 2.24) is 0 Å². The van der Waals surface area contributed by atoms with Crippen molar-refractivity contribution in [1.29, 1.82) is 0 Å². The molecular weight excluding hydrogens is 304 g/mol. The van der Waals surface area contributed by atoms with Crippen LogP contribution in [-0.4, -0.2) is 27.5 Å². The van der Waals surface area contributed by atoms with Gasteiger partial charge in [0.15, 0.2) is 17.3 Å². The lowest BCUT2D eigenvalue weighted by Gasteiger charge is -2.09. The Morgan fingerprint density at radius 2 is 1.87 bits per heavy atom. The highest BCUT2D eigenvalue weighted by molar-refractivity contribution is 5.88. The van der Waals surface area contributed by atoms with Gasteiger partial charge in [-0.05, 0) is 18.2 Å². The van der Waals surface area contributed by atoms with Gasteiger partial charge in [-0.25, -0.2) is 0 Å². The van der Waals surface area contributed by atoms with Gasteiger partial charge in [-0.15, -0.1) is 0 Å². The van der Waals surface area contributed by atoms with Gasteiger partial charge in [-0.3, -0.25) is 4.79 Å². The lowest BCUT2D eigenvalue weighted by Crippen LogP contribution is -2.03. The largest absolute Gasteiger partial charge is 0.508 e. The quantitative estimate of drug-likeness (QED) is 0.572. The van der Waals surface area contributed by atoms with Crippen LogP contribution >= 0.6 is 0 Å². The summed E-state index contributed by atoms with van der Waals surface area (Å²) in [6.45, 7) is 0. The summed E-state index contributed by atoms with van der Waals surface area (Å²) in [6, 6.07) is 5.41. The Bertz CT molecular complexity index is 1070. The average molecular weight is 319 g/mol. The van der Waals surface area contributed by atoms with Gasteiger partial charge < -0.3 is 29.6 Å². The van der Waals surface area contributed by atoms with Crippen molar-refractivity contribution in [2.45, 2.75) is 0 Å². The summed E-state index contributed by atoms with van der Waals surface area (Å²) < 4.78 is 31.1. The molecule has 0 spiro atoms. The number of rotatable bonds is 2.